The van der Waals surface area contributed by atoms with E-state index in [4.69, 9.17) is 4.74 Å². The number of thiophene rings is 1. The monoisotopic (exact) mass is 328 g/mol. The first kappa shape index (κ1) is 18.6. The van der Waals surface area contributed by atoms with Crippen molar-refractivity contribution in [2.75, 3.05) is 5.75 Å². The summed E-state index contributed by atoms with van der Waals surface area (Å²) in [6.07, 6.45) is 1.54. The second-order valence-corrected chi connectivity index (χ2v) is 9.77. The van der Waals surface area contributed by atoms with Gasteiger partial charge in [-0.15, -0.1) is 23.1 Å². The molecule has 1 unspecified atom stereocenters. The van der Waals surface area contributed by atoms with Crippen LogP contribution in [-0.2, 0) is 9.53 Å². The van der Waals surface area contributed by atoms with Gasteiger partial charge in [0.15, 0.2) is 0 Å². The van der Waals surface area contributed by atoms with E-state index in [1.165, 1.54) is 4.21 Å². The van der Waals surface area contributed by atoms with Crippen LogP contribution in [0.15, 0.2) is 21.7 Å². The van der Waals surface area contributed by atoms with Crippen LogP contribution in [0.4, 0.5) is 0 Å². The van der Waals surface area contributed by atoms with E-state index in [0.29, 0.717) is 12.3 Å². The molecule has 1 heterocycles. The number of hydrogen-bond acceptors (Lipinski definition) is 4. The predicted molar refractivity (Wildman–Crippen MR) is 93.1 cm³/mol. The number of thioether (sulfide) groups is 1. The maximum Gasteiger partial charge on any atom is 0.306 e. The molecule has 0 aliphatic rings. The summed E-state index contributed by atoms with van der Waals surface area (Å²) < 4.78 is 6.82. The Morgan fingerprint density at radius 1 is 1.29 bits per heavy atom. The molecule has 0 saturated carbocycles. The average molecular weight is 329 g/mol. The van der Waals surface area contributed by atoms with Gasteiger partial charge in [-0.25, -0.2) is 0 Å². The molecule has 0 N–H and O–H groups in total. The van der Waals surface area contributed by atoms with Crippen molar-refractivity contribution >= 4 is 29.1 Å². The van der Waals surface area contributed by atoms with Gasteiger partial charge in [0.1, 0.15) is 5.60 Å². The van der Waals surface area contributed by atoms with E-state index in [2.05, 4.69) is 38.3 Å². The topological polar surface area (TPSA) is 26.3 Å². The van der Waals surface area contributed by atoms with Crippen LogP contribution >= 0.6 is 23.1 Å². The van der Waals surface area contributed by atoms with Crippen LogP contribution in [0, 0.1) is 11.3 Å². The molecular formula is C17H28O2S2. The van der Waals surface area contributed by atoms with E-state index in [-0.39, 0.29) is 11.4 Å². The first-order valence-electron chi connectivity index (χ1n) is 7.46. The summed E-state index contributed by atoms with van der Waals surface area (Å²) in [6, 6.07) is 4.23. The van der Waals surface area contributed by atoms with Gasteiger partial charge in [-0.2, -0.15) is 0 Å². The Balaban J connectivity index is 2.50. The van der Waals surface area contributed by atoms with Crippen molar-refractivity contribution in [1.29, 1.82) is 0 Å². The second kappa shape index (κ2) is 7.68. The third kappa shape index (κ3) is 7.91. The number of ether oxygens (including phenoxy) is 1. The molecule has 0 saturated heterocycles. The molecule has 0 fully saturated rings. The molecule has 0 amide bonds. The van der Waals surface area contributed by atoms with Crippen LogP contribution in [0.5, 0.6) is 0 Å². The van der Waals surface area contributed by atoms with Crippen LogP contribution in [-0.4, -0.2) is 17.3 Å². The lowest BCUT2D eigenvalue weighted by molar-refractivity contribution is -0.157. The number of rotatable bonds is 6. The first-order chi connectivity index (χ1) is 9.58. The van der Waals surface area contributed by atoms with Crippen LogP contribution in [0.3, 0.4) is 0 Å². The lowest BCUT2D eigenvalue weighted by atomic mass is 9.77. The molecule has 0 radical (unpaired) electrons. The third-order valence-corrected chi connectivity index (χ3v) is 5.43. The molecule has 1 aromatic heterocycles. The molecular weight excluding hydrogens is 300 g/mol. The van der Waals surface area contributed by atoms with Gasteiger partial charge in [-0.3, -0.25) is 4.79 Å². The van der Waals surface area contributed by atoms with Gasteiger partial charge < -0.3 is 4.74 Å². The highest BCUT2D eigenvalue weighted by Gasteiger charge is 2.28. The maximum absolute atomic E-state index is 12.1. The molecule has 1 atom stereocenters. The average Bonchev–Trinajstić information content (AvgIpc) is 2.76. The van der Waals surface area contributed by atoms with Crippen LogP contribution in [0.25, 0.3) is 0 Å². The second-order valence-electron chi connectivity index (χ2n) is 7.42. The Morgan fingerprint density at radius 3 is 2.43 bits per heavy atom. The third-order valence-electron chi connectivity index (χ3n) is 3.26. The summed E-state index contributed by atoms with van der Waals surface area (Å²) in [4.78, 5) is 12.1. The zero-order valence-electron chi connectivity index (χ0n) is 14.1. The Labute approximate surface area is 137 Å². The minimum atomic E-state index is -0.398. The Bertz CT molecular complexity index is 425. The van der Waals surface area contributed by atoms with Gasteiger partial charge >= 0.3 is 5.97 Å². The Kier molecular flexibility index (Phi) is 6.79. The number of carbonyl (C=O) groups excluding carboxylic acids is 1. The molecule has 4 heteroatoms. The zero-order chi connectivity index (χ0) is 16.1. The van der Waals surface area contributed by atoms with E-state index in [9.17, 15) is 4.79 Å². The molecule has 0 spiro atoms. The van der Waals surface area contributed by atoms with Crippen molar-refractivity contribution in [3.63, 3.8) is 0 Å². The van der Waals surface area contributed by atoms with Gasteiger partial charge in [0, 0.05) is 6.42 Å². The van der Waals surface area contributed by atoms with Crippen LogP contribution < -0.4 is 0 Å². The van der Waals surface area contributed by atoms with Crippen molar-refractivity contribution in [2.24, 2.45) is 11.3 Å². The SMILES string of the molecule is CC(C)(C)OC(=O)CC(CCSc1cccs1)C(C)(C)C. The lowest BCUT2D eigenvalue weighted by Crippen LogP contribution is -2.29. The Morgan fingerprint density at radius 2 is 1.95 bits per heavy atom. The summed E-state index contributed by atoms with van der Waals surface area (Å²) in [5, 5.41) is 2.10. The molecule has 0 aromatic carbocycles. The summed E-state index contributed by atoms with van der Waals surface area (Å²) in [5.41, 5.74) is -0.280. The molecule has 0 aliphatic heterocycles. The molecule has 1 aromatic rings. The standard InChI is InChI=1S/C17H28O2S2/c1-16(2,3)13(12-14(18)19-17(4,5)6)9-11-21-15-8-7-10-20-15/h7-8,10,13H,9,11-12H2,1-6H3. The van der Waals surface area contributed by atoms with Gasteiger partial charge in [-0.05, 0) is 55.7 Å². The summed E-state index contributed by atoms with van der Waals surface area (Å²) >= 11 is 3.65. The van der Waals surface area contributed by atoms with Crippen molar-refractivity contribution in [1.82, 2.24) is 0 Å². The maximum atomic E-state index is 12.1. The normalized spacial score (nSPS) is 14.0. The van der Waals surface area contributed by atoms with Crippen LogP contribution in [0.1, 0.15) is 54.4 Å². The highest BCUT2D eigenvalue weighted by molar-refractivity contribution is 8.01. The van der Waals surface area contributed by atoms with Gasteiger partial charge in [-0.1, -0.05) is 26.8 Å². The number of carbonyl (C=O) groups is 1. The highest BCUT2D eigenvalue weighted by Crippen LogP contribution is 2.35. The van der Waals surface area contributed by atoms with Crippen molar-refractivity contribution in [3.05, 3.63) is 17.5 Å². The summed E-state index contributed by atoms with van der Waals surface area (Å²) in [7, 11) is 0. The van der Waals surface area contributed by atoms with Gasteiger partial charge in [0.2, 0.25) is 0 Å². The molecule has 2 nitrogen and oxygen atoms in total. The number of hydrogen-bond donors (Lipinski definition) is 0. The summed E-state index contributed by atoms with van der Waals surface area (Å²) in [6.45, 7) is 12.4. The van der Waals surface area contributed by atoms with Gasteiger partial charge in [0.25, 0.3) is 0 Å². The largest absolute Gasteiger partial charge is 0.460 e. The van der Waals surface area contributed by atoms with E-state index in [1.807, 2.05) is 32.5 Å². The summed E-state index contributed by atoms with van der Waals surface area (Å²) in [5.74, 6) is 1.31. The molecule has 1 rings (SSSR count). The fourth-order valence-corrected chi connectivity index (χ4v) is 3.99. The molecule has 21 heavy (non-hydrogen) atoms. The molecule has 0 bridgehead atoms. The zero-order valence-corrected chi connectivity index (χ0v) is 15.7. The first-order valence-corrected chi connectivity index (χ1v) is 9.32. The van der Waals surface area contributed by atoms with Crippen molar-refractivity contribution in [2.45, 2.75) is 64.2 Å². The van der Waals surface area contributed by atoms with Crippen LogP contribution in [0.2, 0.25) is 0 Å². The van der Waals surface area contributed by atoms with Crippen molar-refractivity contribution in [3.8, 4) is 0 Å². The minimum Gasteiger partial charge on any atom is -0.460 e. The van der Waals surface area contributed by atoms with E-state index >= 15 is 0 Å². The smallest absolute Gasteiger partial charge is 0.306 e. The number of esters is 1. The van der Waals surface area contributed by atoms with Crippen molar-refractivity contribution < 1.29 is 9.53 Å². The fourth-order valence-electron chi connectivity index (χ4n) is 2.07. The minimum absolute atomic E-state index is 0.0800. The Hall–Kier alpha value is -0.480. The van der Waals surface area contributed by atoms with E-state index in [0.717, 1.165) is 12.2 Å². The van der Waals surface area contributed by atoms with Gasteiger partial charge in [0.05, 0.1) is 4.21 Å². The van der Waals surface area contributed by atoms with E-state index in [1.54, 1.807) is 11.3 Å². The lowest BCUT2D eigenvalue weighted by Gasteiger charge is -2.31. The predicted octanol–water partition coefficient (Wildman–Crippen LogP) is 5.62. The fraction of sp³-hybridized carbons (Fsp3) is 0.706. The van der Waals surface area contributed by atoms with E-state index < -0.39 is 5.60 Å². The molecule has 120 valence electrons. The quantitative estimate of drug-likeness (QED) is 0.500. The highest BCUT2D eigenvalue weighted by atomic mass is 32.2. The molecule has 0 aliphatic carbocycles.